The van der Waals surface area contributed by atoms with Crippen LogP contribution in [0.5, 0.6) is 0 Å². The highest BCUT2D eigenvalue weighted by molar-refractivity contribution is 7.89. The Balaban J connectivity index is 1.63. The van der Waals surface area contributed by atoms with E-state index in [1.807, 2.05) is 18.2 Å². The van der Waals surface area contributed by atoms with Gasteiger partial charge in [0.15, 0.2) is 0 Å². The number of hydrogen-bond donors (Lipinski definition) is 1. The first kappa shape index (κ1) is 24.7. The van der Waals surface area contributed by atoms with Crippen molar-refractivity contribution in [2.45, 2.75) is 44.2 Å². The summed E-state index contributed by atoms with van der Waals surface area (Å²) in [5, 5.41) is 3.20. The Bertz CT molecular complexity index is 1030. The van der Waals surface area contributed by atoms with Gasteiger partial charge in [-0.2, -0.15) is 4.31 Å². The summed E-state index contributed by atoms with van der Waals surface area (Å²) in [7, 11) is -2.17. The first-order valence-electron chi connectivity index (χ1n) is 11.0. The van der Waals surface area contributed by atoms with Gasteiger partial charge in [-0.05, 0) is 62.9 Å². The third-order valence-electron chi connectivity index (χ3n) is 5.99. The molecule has 1 heterocycles. The van der Waals surface area contributed by atoms with Crippen LogP contribution in [0.2, 0.25) is 5.02 Å². The standard InChI is InChI=1S/C24H32ClN3O3S/c1-18(2)27(3)32(30,31)21-11-12-23(25)22(14-21)24(29)26-15-20-10-7-13-28(17-20)16-19-8-5-4-6-9-19/h4-6,8-9,11-12,14,18,20H,7,10,13,15-17H2,1-3H3,(H,26,29). The van der Waals surface area contributed by atoms with Crippen LogP contribution >= 0.6 is 11.6 Å². The van der Waals surface area contributed by atoms with Crippen molar-refractivity contribution < 1.29 is 13.2 Å². The molecule has 32 heavy (non-hydrogen) atoms. The number of halogens is 1. The molecule has 0 spiro atoms. The molecule has 8 heteroatoms. The van der Waals surface area contributed by atoms with Crippen LogP contribution in [0.4, 0.5) is 0 Å². The predicted octanol–water partition coefficient (Wildman–Crippen LogP) is 4.01. The van der Waals surface area contributed by atoms with Crippen molar-refractivity contribution in [3.05, 3.63) is 64.7 Å². The van der Waals surface area contributed by atoms with Gasteiger partial charge in [-0.1, -0.05) is 41.9 Å². The second-order valence-corrected chi connectivity index (χ2v) is 11.1. The molecule has 1 unspecified atom stereocenters. The highest BCUT2D eigenvalue weighted by Crippen LogP contribution is 2.24. The van der Waals surface area contributed by atoms with E-state index in [1.54, 1.807) is 13.8 Å². The van der Waals surface area contributed by atoms with Gasteiger partial charge in [0.1, 0.15) is 0 Å². The molecule has 0 aliphatic carbocycles. The zero-order valence-electron chi connectivity index (χ0n) is 18.9. The number of sulfonamides is 1. The highest BCUT2D eigenvalue weighted by Gasteiger charge is 2.26. The third-order valence-corrected chi connectivity index (χ3v) is 8.35. The van der Waals surface area contributed by atoms with Gasteiger partial charge in [0, 0.05) is 32.7 Å². The molecule has 0 bridgehead atoms. The monoisotopic (exact) mass is 477 g/mol. The van der Waals surface area contributed by atoms with E-state index in [0.29, 0.717) is 12.5 Å². The average Bonchev–Trinajstić information content (AvgIpc) is 2.78. The number of piperidine rings is 1. The maximum absolute atomic E-state index is 12.8. The molecule has 0 radical (unpaired) electrons. The van der Waals surface area contributed by atoms with E-state index in [1.165, 1.54) is 35.1 Å². The Morgan fingerprint density at radius 1 is 1.22 bits per heavy atom. The minimum absolute atomic E-state index is 0.0648. The zero-order chi connectivity index (χ0) is 23.3. The van der Waals surface area contributed by atoms with Crippen LogP contribution in [0.3, 0.4) is 0 Å². The van der Waals surface area contributed by atoms with Gasteiger partial charge in [0.2, 0.25) is 10.0 Å². The SMILES string of the molecule is CC(C)N(C)S(=O)(=O)c1ccc(Cl)c(C(=O)NCC2CCCN(Cc3ccccc3)C2)c1. The summed E-state index contributed by atoms with van der Waals surface area (Å²) in [6, 6.07) is 14.5. The number of hydrogen-bond acceptors (Lipinski definition) is 4. The summed E-state index contributed by atoms with van der Waals surface area (Å²) in [4.78, 5) is 15.3. The van der Waals surface area contributed by atoms with Crippen LogP contribution in [0.15, 0.2) is 53.4 Å². The fourth-order valence-electron chi connectivity index (χ4n) is 3.92. The van der Waals surface area contributed by atoms with Crippen molar-refractivity contribution in [3.63, 3.8) is 0 Å². The number of amides is 1. The zero-order valence-corrected chi connectivity index (χ0v) is 20.5. The maximum Gasteiger partial charge on any atom is 0.252 e. The Morgan fingerprint density at radius 3 is 2.62 bits per heavy atom. The Hall–Kier alpha value is -1.93. The van der Waals surface area contributed by atoms with Crippen molar-refractivity contribution >= 4 is 27.5 Å². The smallest absolute Gasteiger partial charge is 0.252 e. The molecular weight excluding hydrogens is 446 g/mol. The number of rotatable bonds is 8. The van der Waals surface area contributed by atoms with Gasteiger partial charge < -0.3 is 5.32 Å². The topological polar surface area (TPSA) is 69.7 Å². The third kappa shape index (κ3) is 6.10. The first-order valence-corrected chi connectivity index (χ1v) is 12.8. The molecule has 2 aromatic rings. The van der Waals surface area contributed by atoms with Gasteiger partial charge in [-0.3, -0.25) is 9.69 Å². The van der Waals surface area contributed by atoms with Crippen molar-refractivity contribution in [1.29, 1.82) is 0 Å². The van der Waals surface area contributed by atoms with Crippen molar-refractivity contribution in [1.82, 2.24) is 14.5 Å². The fraction of sp³-hybridized carbons (Fsp3) is 0.458. The van der Waals surface area contributed by atoms with Crippen LogP contribution in [0, 0.1) is 5.92 Å². The second kappa shape index (κ2) is 10.8. The molecule has 0 saturated carbocycles. The fourth-order valence-corrected chi connectivity index (χ4v) is 5.52. The van der Waals surface area contributed by atoms with E-state index in [2.05, 4.69) is 22.3 Å². The molecular formula is C24H32ClN3O3S. The Labute approximate surface area is 196 Å². The van der Waals surface area contributed by atoms with E-state index in [0.717, 1.165) is 32.5 Å². The van der Waals surface area contributed by atoms with Crippen LogP contribution in [0.25, 0.3) is 0 Å². The lowest BCUT2D eigenvalue weighted by molar-refractivity contribution is 0.0930. The molecule has 1 atom stereocenters. The van der Waals surface area contributed by atoms with Gasteiger partial charge in [-0.15, -0.1) is 0 Å². The van der Waals surface area contributed by atoms with Gasteiger partial charge in [-0.25, -0.2) is 8.42 Å². The maximum atomic E-state index is 12.8. The second-order valence-electron chi connectivity index (χ2n) is 8.70. The number of nitrogens with one attached hydrogen (secondary N) is 1. The van der Waals surface area contributed by atoms with Crippen molar-refractivity contribution in [2.75, 3.05) is 26.7 Å². The van der Waals surface area contributed by atoms with Crippen LogP contribution in [0.1, 0.15) is 42.6 Å². The summed E-state index contributed by atoms with van der Waals surface area (Å²) >= 11 is 6.24. The van der Waals surface area contributed by atoms with Gasteiger partial charge in [0.25, 0.3) is 5.91 Å². The number of benzene rings is 2. The Kier molecular flexibility index (Phi) is 8.33. The van der Waals surface area contributed by atoms with E-state index >= 15 is 0 Å². The quantitative estimate of drug-likeness (QED) is 0.623. The van der Waals surface area contributed by atoms with Crippen molar-refractivity contribution in [3.8, 4) is 0 Å². The summed E-state index contributed by atoms with van der Waals surface area (Å²) < 4.78 is 26.9. The summed E-state index contributed by atoms with van der Waals surface area (Å²) in [6.45, 7) is 6.99. The minimum atomic E-state index is -3.70. The van der Waals surface area contributed by atoms with E-state index in [-0.39, 0.29) is 27.4 Å². The molecule has 6 nitrogen and oxygen atoms in total. The van der Waals surface area contributed by atoms with Crippen LogP contribution in [-0.4, -0.2) is 56.3 Å². The molecule has 3 rings (SSSR count). The molecule has 1 N–H and O–H groups in total. The lowest BCUT2D eigenvalue weighted by Crippen LogP contribution is -2.40. The highest BCUT2D eigenvalue weighted by atomic mass is 35.5. The lowest BCUT2D eigenvalue weighted by Gasteiger charge is -2.32. The molecule has 174 valence electrons. The van der Waals surface area contributed by atoms with Crippen LogP contribution in [-0.2, 0) is 16.6 Å². The van der Waals surface area contributed by atoms with Gasteiger partial charge in [0.05, 0.1) is 15.5 Å². The van der Waals surface area contributed by atoms with Crippen LogP contribution < -0.4 is 5.32 Å². The summed E-state index contributed by atoms with van der Waals surface area (Å²) in [5.41, 5.74) is 1.47. The molecule has 1 saturated heterocycles. The first-order chi connectivity index (χ1) is 15.2. The lowest BCUT2D eigenvalue weighted by atomic mass is 9.97. The number of likely N-dealkylation sites (tertiary alicyclic amines) is 1. The molecule has 1 aliphatic rings. The van der Waals surface area contributed by atoms with E-state index < -0.39 is 10.0 Å². The summed E-state index contributed by atoms with van der Waals surface area (Å²) in [5.74, 6) is -0.00592. The number of carbonyl (C=O) groups excluding carboxylic acids is 1. The predicted molar refractivity (Wildman–Crippen MR) is 128 cm³/mol. The van der Waals surface area contributed by atoms with E-state index in [4.69, 9.17) is 11.6 Å². The molecule has 1 amide bonds. The molecule has 1 fully saturated rings. The Morgan fingerprint density at radius 2 is 1.94 bits per heavy atom. The minimum Gasteiger partial charge on any atom is -0.352 e. The van der Waals surface area contributed by atoms with E-state index in [9.17, 15) is 13.2 Å². The summed E-state index contributed by atoms with van der Waals surface area (Å²) in [6.07, 6.45) is 2.14. The van der Waals surface area contributed by atoms with Crippen molar-refractivity contribution in [2.24, 2.45) is 5.92 Å². The normalized spacial score (nSPS) is 17.6. The van der Waals surface area contributed by atoms with Gasteiger partial charge >= 0.3 is 0 Å². The molecule has 2 aromatic carbocycles. The average molecular weight is 478 g/mol. The number of carbonyl (C=O) groups is 1. The molecule has 0 aromatic heterocycles. The largest absolute Gasteiger partial charge is 0.352 e. The molecule has 1 aliphatic heterocycles. The number of nitrogens with zero attached hydrogens (tertiary/aromatic N) is 2.